The number of halogens is 2. The Bertz CT molecular complexity index is 1070. The van der Waals surface area contributed by atoms with E-state index in [1.165, 1.54) is 12.1 Å². The number of anilines is 1. The Morgan fingerprint density at radius 3 is 2.37 bits per heavy atom. The number of benzene rings is 3. The Hall–Kier alpha value is -3.11. The molecule has 0 aliphatic rings. The molecule has 1 aromatic heterocycles. The molecule has 4 rings (SSSR count). The van der Waals surface area contributed by atoms with Crippen molar-refractivity contribution in [3.05, 3.63) is 101 Å². The number of hydrogen-bond acceptors (Lipinski definition) is 2. The number of nitrogens with two attached hydrogens (primary N) is 1. The highest BCUT2D eigenvalue weighted by molar-refractivity contribution is 6.30. The van der Waals surface area contributed by atoms with Gasteiger partial charge < -0.3 is 5.73 Å². The van der Waals surface area contributed by atoms with Gasteiger partial charge in [-0.15, -0.1) is 0 Å². The van der Waals surface area contributed by atoms with Crippen molar-refractivity contribution in [2.24, 2.45) is 0 Å². The number of hydrogen-bond donors (Lipinski definition) is 1. The van der Waals surface area contributed by atoms with E-state index in [2.05, 4.69) is 4.98 Å². The van der Waals surface area contributed by atoms with Gasteiger partial charge in [0.2, 0.25) is 5.95 Å². The van der Waals surface area contributed by atoms with Crippen molar-refractivity contribution in [2.75, 3.05) is 5.73 Å². The van der Waals surface area contributed by atoms with Crippen molar-refractivity contribution in [1.29, 1.82) is 0 Å². The molecule has 0 saturated carbocycles. The fourth-order valence-corrected chi connectivity index (χ4v) is 3.29. The third-order valence-electron chi connectivity index (χ3n) is 4.40. The van der Waals surface area contributed by atoms with E-state index in [4.69, 9.17) is 17.3 Å². The Labute approximate surface area is 161 Å². The Morgan fingerprint density at radius 2 is 1.67 bits per heavy atom. The fraction of sp³-hybridized carbons (Fsp3) is 0.0455. The molecule has 2 N–H and O–H groups in total. The first kappa shape index (κ1) is 17.3. The molecule has 0 spiro atoms. The quantitative estimate of drug-likeness (QED) is 0.510. The van der Waals surface area contributed by atoms with Crippen molar-refractivity contribution in [1.82, 2.24) is 9.55 Å². The lowest BCUT2D eigenvalue weighted by Crippen LogP contribution is -2.06. The second kappa shape index (κ2) is 7.25. The summed E-state index contributed by atoms with van der Waals surface area (Å²) in [6.07, 6.45) is 0.585. The maximum Gasteiger partial charge on any atom is 0.205 e. The zero-order valence-corrected chi connectivity index (χ0v) is 15.2. The maximum absolute atomic E-state index is 13.8. The third-order valence-corrected chi connectivity index (χ3v) is 4.65. The van der Waals surface area contributed by atoms with Crippen LogP contribution in [0.1, 0.15) is 11.3 Å². The molecule has 27 heavy (non-hydrogen) atoms. The van der Waals surface area contributed by atoms with E-state index >= 15 is 0 Å². The van der Waals surface area contributed by atoms with Crippen LogP contribution in [0.15, 0.2) is 78.9 Å². The molecule has 0 aliphatic carbocycles. The van der Waals surface area contributed by atoms with Crippen LogP contribution in [0.4, 0.5) is 10.3 Å². The second-order valence-electron chi connectivity index (χ2n) is 6.25. The van der Waals surface area contributed by atoms with Crippen molar-refractivity contribution in [3.8, 4) is 16.9 Å². The number of nitrogens with zero attached hydrogens (tertiary/aromatic N) is 2. The van der Waals surface area contributed by atoms with Crippen LogP contribution in [0.25, 0.3) is 16.9 Å². The summed E-state index contributed by atoms with van der Waals surface area (Å²) in [5.41, 5.74) is 10.6. The molecule has 134 valence electrons. The van der Waals surface area contributed by atoms with E-state index in [0.717, 1.165) is 22.5 Å². The second-order valence-corrected chi connectivity index (χ2v) is 6.69. The van der Waals surface area contributed by atoms with Gasteiger partial charge in [0, 0.05) is 17.0 Å². The van der Waals surface area contributed by atoms with E-state index in [1.54, 1.807) is 10.6 Å². The molecule has 0 unspecified atom stereocenters. The SMILES string of the molecule is Nc1nc(-c2ccccc2)c(Cc2ccc(Cl)cc2)n1-c1cccc(F)c1. The van der Waals surface area contributed by atoms with Crippen molar-refractivity contribution in [3.63, 3.8) is 0 Å². The predicted octanol–water partition coefficient (Wildman–Crippen LogP) is 5.50. The summed E-state index contributed by atoms with van der Waals surface area (Å²) in [5.74, 6) is 0.00252. The van der Waals surface area contributed by atoms with E-state index in [9.17, 15) is 4.39 Å². The molecule has 0 saturated heterocycles. The number of imidazole rings is 1. The summed E-state index contributed by atoms with van der Waals surface area (Å²) < 4.78 is 15.6. The van der Waals surface area contributed by atoms with E-state index in [1.807, 2.05) is 60.7 Å². The number of nitrogen functional groups attached to an aromatic ring is 1. The third kappa shape index (κ3) is 3.57. The van der Waals surface area contributed by atoms with Crippen LogP contribution in [-0.2, 0) is 6.42 Å². The molecule has 0 atom stereocenters. The van der Waals surface area contributed by atoms with Crippen LogP contribution in [0.5, 0.6) is 0 Å². The predicted molar refractivity (Wildman–Crippen MR) is 108 cm³/mol. The molecule has 3 nitrogen and oxygen atoms in total. The zero-order chi connectivity index (χ0) is 18.8. The normalized spacial score (nSPS) is 10.9. The van der Waals surface area contributed by atoms with Gasteiger partial charge in [-0.25, -0.2) is 9.37 Å². The van der Waals surface area contributed by atoms with Crippen LogP contribution in [0, 0.1) is 5.82 Å². The van der Waals surface area contributed by atoms with Gasteiger partial charge in [0.25, 0.3) is 0 Å². The fourth-order valence-electron chi connectivity index (χ4n) is 3.16. The first-order valence-electron chi connectivity index (χ1n) is 8.55. The van der Waals surface area contributed by atoms with Gasteiger partial charge in [0.1, 0.15) is 5.82 Å². The van der Waals surface area contributed by atoms with Crippen molar-refractivity contribution < 1.29 is 4.39 Å². The Balaban J connectivity index is 1.90. The lowest BCUT2D eigenvalue weighted by Gasteiger charge is -2.12. The highest BCUT2D eigenvalue weighted by atomic mass is 35.5. The lowest BCUT2D eigenvalue weighted by atomic mass is 10.0. The van der Waals surface area contributed by atoms with Gasteiger partial charge in [-0.3, -0.25) is 4.57 Å². The highest BCUT2D eigenvalue weighted by Gasteiger charge is 2.19. The average molecular weight is 378 g/mol. The van der Waals surface area contributed by atoms with E-state index in [0.29, 0.717) is 23.1 Å². The summed E-state index contributed by atoms with van der Waals surface area (Å²) in [4.78, 5) is 4.59. The summed E-state index contributed by atoms with van der Waals surface area (Å²) in [5, 5.41) is 0.681. The van der Waals surface area contributed by atoms with Gasteiger partial charge in [0.05, 0.1) is 17.1 Å². The Kier molecular flexibility index (Phi) is 4.65. The first-order valence-corrected chi connectivity index (χ1v) is 8.92. The first-order chi connectivity index (χ1) is 13.1. The maximum atomic E-state index is 13.8. The lowest BCUT2D eigenvalue weighted by molar-refractivity contribution is 0.626. The van der Waals surface area contributed by atoms with Gasteiger partial charge >= 0.3 is 0 Å². The van der Waals surface area contributed by atoms with Gasteiger partial charge in [-0.1, -0.05) is 60.1 Å². The number of rotatable bonds is 4. The summed E-state index contributed by atoms with van der Waals surface area (Å²) in [7, 11) is 0. The van der Waals surface area contributed by atoms with Crippen molar-refractivity contribution >= 4 is 17.5 Å². The van der Waals surface area contributed by atoms with Crippen LogP contribution >= 0.6 is 11.6 Å². The summed E-state index contributed by atoms with van der Waals surface area (Å²) >= 11 is 6.01. The Morgan fingerprint density at radius 1 is 0.926 bits per heavy atom. The molecule has 0 bridgehead atoms. The largest absolute Gasteiger partial charge is 0.369 e. The molecule has 0 radical (unpaired) electrons. The molecule has 0 amide bonds. The average Bonchev–Trinajstić information content (AvgIpc) is 3.00. The highest BCUT2D eigenvalue weighted by Crippen LogP contribution is 2.30. The molecular weight excluding hydrogens is 361 g/mol. The van der Waals surface area contributed by atoms with Crippen LogP contribution in [0.3, 0.4) is 0 Å². The minimum atomic E-state index is -0.320. The summed E-state index contributed by atoms with van der Waals surface area (Å²) in [6, 6.07) is 23.8. The van der Waals surface area contributed by atoms with Gasteiger partial charge in [0.15, 0.2) is 0 Å². The smallest absolute Gasteiger partial charge is 0.205 e. The molecule has 1 heterocycles. The van der Waals surface area contributed by atoms with Crippen LogP contribution in [0.2, 0.25) is 5.02 Å². The molecule has 0 aliphatic heterocycles. The van der Waals surface area contributed by atoms with Crippen LogP contribution in [-0.4, -0.2) is 9.55 Å². The molecule has 3 aromatic carbocycles. The van der Waals surface area contributed by atoms with Gasteiger partial charge in [-0.05, 0) is 35.9 Å². The zero-order valence-electron chi connectivity index (χ0n) is 14.4. The minimum Gasteiger partial charge on any atom is -0.369 e. The monoisotopic (exact) mass is 377 g/mol. The molecule has 4 aromatic rings. The summed E-state index contributed by atoms with van der Waals surface area (Å²) in [6.45, 7) is 0. The molecular formula is C22H17ClFN3. The van der Waals surface area contributed by atoms with Crippen LogP contribution < -0.4 is 5.73 Å². The van der Waals surface area contributed by atoms with Crippen molar-refractivity contribution in [2.45, 2.75) is 6.42 Å². The minimum absolute atomic E-state index is 0.320. The number of aromatic nitrogens is 2. The van der Waals surface area contributed by atoms with E-state index in [-0.39, 0.29) is 5.82 Å². The molecule has 0 fully saturated rings. The standard InChI is InChI=1S/C22H17ClFN3/c23-17-11-9-15(10-12-17)13-20-21(16-5-2-1-3-6-16)26-22(25)27(20)19-8-4-7-18(24)14-19/h1-12,14H,13H2,(H2,25,26). The topological polar surface area (TPSA) is 43.8 Å². The molecule has 5 heteroatoms. The van der Waals surface area contributed by atoms with E-state index < -0.39 is 0 Å². The van der Waals surface area contributed by atoms with Gasteiger partial charge in [-0.2, -0.15) is 0 Å².